The molecule has 2 heterocycles. The smallest absolute Gasteiger partial charge is 0.0474 e. The molecule has 3 heteroatoms. The molecule has 2 aromatic rings. The van der Waals surface area contributed by atoms with Gasteiger partial charge in [0, 0.05) is 29.5 Å². The van der Waals surface area contributed by atoms with Crippen molar-refractivity contribution in [3.8, 4) is 0 Å². The van der Waals surface area contributed by atoms with Gasteiger partial charge in [-0.2, -0.15) is 0 Å². The quantitative estimate of drug-likeness (QED) is 0.738. The molecule has 0 amide bonds. The van der Waals surface area contributed by atoms with Gasteiger partial charge in [-0.05, 0) is 47.5 Å². The van der Waals surface area contributed by atoms with Gasteiger partial charge in [0.15, 0.2) is 0 Å². The van der Waals surface area contributed by atoms with E-state index in [0.29, 0.717) is 5.88 Å². The number of hydrogen-bond donors (Lipinski definition) is 0. The topological polar surface area (TPSA) is 3.24 Å². The van der Waals surface area contributed by atoms with E-state index in [-0.39, 0.29) is 0 Å². The molecule has 0 radical (unpaired) electrons. The van der Waals surface area contributed by atoms with Gasteiger partial charge in [0.25, 0.3) is 0 Å². The third-order valence-corrected chi connectivity index (χ3v) is 4.90. The third kappa shape index (κ3) is 2.15. The number of anilines is 1. The largest absolute Gasteiger partial charge is 0.367 e. The van der Waals surface area contributed by atoms with Crippen LogP contribution >= 0.6 is 22.9 Å². The first kappa shape index (κ1) is 12.1. The van der Waals surface area contributed by atoms with Crippen LogP contribution in [0.4, 0.5) is 5.69 Å². The van der Waals surface area contributed by atoms with Crippen LogP contribution in [0, 0.1) is 6.92 Å². The highest BCUT2D eigenvalue weighted by Gasteiger charge is 2.18. The fourth-order valence-electron chi connectivity index (χ4n) is 2.61. The highest BCUT2D eigenvalue weighted by atomic mass is 35.5. The normalized spacial score (nSPS) is 14.7. The van der Waals surface area contributed by atoms with Gasteiger partial charge in [-0.3, -0.25) is 0 Å². The predicted octanol–water partition coefficient (Wildman–Crippen LogP) is 4.36. The number of nitrogens with zero attached hydrogens (tertiary/aromatic N) is 1. The summed E-state index contributed by atoms with van der Waals surface area (Å²) in [4.78, 5) is 4.03. The van der Waals surface area contributed by atoms with Crippen molar-refractivity contribution >= 4 is 28.6 Å². The maximum atomic E-state index is 5.88. The molecule has 1 nitrogen and oxygen atoms in total. The Kier molecular flexibility index (Phi) is 3.31. The molecule has 0 bridgehead atoms. The molecule has 1 aromatic carbocycles. The highest BCUT2D eigenvalue weighted by molar-refractivity contribution is 7.10. The second-order valence-electron chi connectivity index (χ2n) is 4.80. The van der Waals surface area contributed by atoms with Crippen LogP contribution < -0.4 is 4.90 Å². The van der Waals surface area contributed by atoms with Gasteiger partial charge in [-0.15, -0.1) is 22.9 Å². The maximum Gasteiger partial charge on any atom is 0.0474 e. The minimum absolute atomic E-state index is 0.593. The molecule has 18 heavy (non-hydrogen) atoms. The number of thiophene rings is 1. The van der Waals surface area contributed by atoms with Crippen LogP contribution in [0.3, 0.4) is 0 Å². The average molecular weight is 278 g/mol. The Bertz CT molecular complexity index is 561. The minimum Gasteiger partial charge on any atom is -0.367 e. The summed E-state index contributed by atoms with van der Waals surface area (Å²) in [5.74, 6) is 0.593. The number of benzene rings is 1. The number of fused-ring (bicyclic) bond motifs is 1. The standard InChI is InChI=1S/C15H16ClNS/c1-11-8-12(9-16)2-3-14(11)17-6-4-15-13(10-17)5-7-18-15/h2-3,5,7-8H,4,6,9-10H2,1H3. The Balaban J connectivity index is 1.88. The van der Waals surface area contributed by atoms with E-state index in [1.807, 2.05) is 11.3 Å². The molecular weight excluding hydrogens is 262 g/mol. The van der Waals surface area contributed by atoms with E-state index in [9.17, 15) is 0 Å². The van der Waals surface area contributed by atoms with Gasteiger partial charge < -0.3 is 4.90 Å². The highest BCUT2D eigenvalue weighted by Crippen LogP contribution is 2.30. The Morgan fingerprint density at radius 3 is 3.00 bits per heavy atom. The molecule has 0 saturated carbocycles. The van der Waals surface area contributed by atoms with Crippen molar-refractivity contribution in [3.63, 3.8) is 0 Å². The average Bonchev–Trinajstić information content (AvgIpc) is 2.85. The molecule has 0 spiro atoms. The Hall–Kier alpha value is -0.990. The van der Waals surface area contributed by atoms with E-state index in [2.05, 4.69) is 41.5 Å². The van der Waals surface area contributed by atoms with Crippen molar-refractivity contribution in [3.05, 3.63) is 51.2 Å². The molecule has 0 fully saturated rings. The van der Waals surface area contributed by atoms with Gasteiger partial charge in [0.05, 0.1) is 0 Å². The zero-order valence-corrected chi connectivity index (χ0v) is 12.0. The van der Waals surface area contributed by atoms with Crippen LogP contribution in [-0.4, -0.2) is 6.54 Å². The lowest BCUT2D eigenvalue weighted by Crippen LogP contribution is -2.29. The molecule has 3 rings (SSSR count). The van der Waals surface area contributed by atoms with Crippen LogP contribution in [-0.2, 0) is 18.8 Å². The van der Waals surface area contributed by atoms with E-state index >= 15 is 0 Å². The summed E-state index contributed by atoms with van der Waals surface area (Å²) < 4.78 is 0. The lowest BCUT2D eigenvalue weighted by atomic mass is 10.1. The monoisotopic (exact) mass is 277 g/mol. The lowest BCUT2D eigenvalue weighted by Gasteiger charge is -2.30. The number of rotatable bonds is 2. The molecular formula is C15H16ClNS. The number of hydrogen-bond acceptors (Lipinski definition) is 2. The first-order valence-electron chi connectivity index (χ1n) is 6.23. The van der Waals surface area contributed by atoms with Crippen molar-refractivity contribution in [2.24, 2.45) is 0 Å². The first-order valence-corrected chi connectivity index (χ1v) is 7.65. The van der Waals surface area contributed by atoms with E-state index in [4.69, 9.17) is 11.6 Å². The minimum atomic E-state index is 0.593. The summed E-state index contributed by atoms with van der Waals surface area (Å²) in [6.45, 7) is 4.34. The summed E-state index contributed by atoms with van der Waals surface area (Å²) in [5, 5.41) is 2.21. The summed E-state index contributed by atoms with van der Waals surface area (Å²) >= 11 is 7.77. The van der Waals surface area contributed by atoms with Crippen LogP contribution in [0.25, 0.3) is 0 Å². The molecule has 0 N–H and O–H groups in total. The van der Waals surface area contributed by atoms with Crippen LogP contribution in [0.1, 0.15) is 21.6 Å². The Labute approximate surface area is 117 Å². The number of halogens is 1. The molecule has 0 unspecified atom stereocenters. The molecule has 1 aliphatic rings. The van der Waals surface area contributed by atoms with Crippen molar-refractivity contribution in [1.82, 2.24) is 0 Å². The molecule has 1 aliphatic heterocycles. The molecule has 0 aliphatic carbocycles. The molecule has 0 saturated heterocycles. The Morgan fingerprint density at radius 1 is 1.33 bits per heavy atom. The van der Waals surface area contributed by atoms with Crippen LogP contribution in [0.2, 0.25) is 0 Å². The van der Waals surface area contributed by atoms with Gasteiger partial charge >= 0.3 is 0 Å². The van der Waals surface area contributed by atoms with Gasteiger partial charge in [0.1, 0.15) is 0 Å². The van der Waals surface area contributed by atoms with Gasteiger partial charge in [-0.25, -0.2) is 0 Å². The predicted molar refractivity (Wildman–Crippen MR) is 79.8 cm³/mol. The maximum absolute atomic E-state index is 5.88. The zero-order chi connectivity index (χ0) is 12.5. The molecule has 1 aromatic heterocycles. The second-order valence-corrected chi connectivity index (χ2v) is 6.06. The number of aryl methyl sites for hydroxylation is 1. The van der Waals surface area contributed by atoms with Gasteiger partial charge in [-0.1, -0.05) is 12.1 Å². The van der Waals surface area contributed by atoms with Crippen molar-refractivity contribution in [1.29, 1.82) is 0 Å². The van der Waals surface area contributed by atoms with Crippen molar-refractivity contribution in [2.45, 2.75) is 25.8 Å². The molecule has 94 valence electrons. The SMILES string of the molecule is Cc1cc(CCl)ccc1N1CCc2sccc2C1. The third-order valence-electron chi connectivity index (χ3n) is 3.56. The van der Waals surface area contributed by atoms with E-state index in [1.54, 1.807) is 4.88 Å². The van der Waals surface area contributed by atoms with E-state index in [0.717, 1.165) is 13.1 Å². The van der Waals surface area contributed by atoms with Gasteiger partial charge in [0.2, 0.25) is 0 Å². The summed E-state index contributed by atoms with van der Waals surface area (Å²) in [7, 11) is 0. The van der Waals surface area contributed by atoms with Crippen molar-refractivity contribution < 1.29 is 0 Å². The van der Waals surface area contributed by atoms with Crippen LogP contribution in [0.15, 0.2) is 29.6 Å². The first-order chi connectivity index (χ1) is 8.78. The summed E-state index contributed by atoms with van der Waals surface area (Å²) in [5.41, 5.74) is 5.37. The fraction of sp³-hybridized carbons (Fsp3) is 0.333. The second kappa shape index (κ2) is 4.94. The molecule has 0 atom stereocenters. The van der Waals surface area contributed by atoms with Crippen LogP contribution in [0.5, 0.6) is 0 Å². The van der Waals surface area contributed by atoms with Crippen molar-refractivity contribution in [2.75, 3.05) is 11.4 Å². The van der Waals surface area contributed by atoms with E-state index < -0.39 is 0 Å². The fourth-order valence-corrected chi connectivity index (χ4v) is 3.67. The Morgan fingerprint density at radius 2 is 2.22 bits per heavy atom. The summed E-state index contributed by atoms with van der Waals surface area (Å²) in [6, 6.07) is 8.81. The van der Waals surface area contributed by atoms with E-state index in [1.165, 1.54) is 28.8 Å². The summed E-state index contributed by atoms with van der Waals surface area (Å²) in [6.07, 6.45) is 1.17. The zero-order valence-electron chi connectivity index (χ0n) is 10.4. The number of alkyl halides is 1. The lowest BCUT2D eigenvalue weighted by molar-refractivity contribution is 0.741.